The second kappa shape index (κ2) is 8.12. The van der Waals surface area contributed by atoms with Crippen LogP contribution in [0.2, 0.25) is 0 Å². The lowest BCUT2D eigenvalue weighted by atomic mass is 9.97. The van der Waals surface area contributed by atoms with Gasteiger partial charge in [-0.05, 0) is 38.6 Å². The van der Waals surface area contributed by atoms with Gasteiger partial charge >= 0.3 is 5.97 Å². The molecule has 0 bridgehead atoms. The third kappa shape index (κ3) is 4.65. The number of aliphatic hydroxyl groups excluding tert-OH is 1. The standard InChI is InChI=1S/C14H27NO3S/c1-4-8-15-14(13(17)18-3)7-5-12(10-14)19-11(2)6-9-16/h11-12,15-16H,4-10H2,1-3H3. The van der Waals surface area contributed by atoms with Crippen molar-refractivity contribution in [1.82, 2.24) is 5.32 Å². The smallest absolute Gasteiger partial charge is 0.326 e. The van der Waals surface area contributed by atoms with E-state index in [0.717, 1.165) is 38.6 Å². The number of aliphatic hydroxyl groups is 1. The summed E-state index contributed by atoms with van der Waals surface area (Å²) < 4.78 is 4.98. The lowest BCUT2D eigenvalue weighted by Crippen LogP contribution is -2.51. The molecule has 1 aliphatic rings. The number of methoxy groups -OCH3 is 1. The normalized spacial score (nSPS) is 28.3. The summed E-state index contributed by atoms with van der Waals surface area (Å²) in [5.41, 5.74) is -0.485. The first kappa shape index (κ1) is 16.8. The Hall–Kier alpha value is -0.260. The molecule has 112 valence electrons. The number of hydrogen-bond acceptors (Lipinski definition) is 5. The maximum Gasteiger partial charge on any atom is 0.326 e. The Bertz CT molecular complexity index is 288. The first-order valence-electron chi connectivity index (χ1n) is 7.17. The van der Waals surface area contributed by atoms with Gasteiger partial charge in [0, 0.05) is 17.1 Å². The third-order valence-corrected chi connectivity index (χ3v) is 5.21. The highest BCUT2D eigenvalue weighted by molar-refractivity contribution is 8.00. The predicted octanol–water partition coefficient (Wildman–Crippen LogP) is 1.95. The van der Waals surface area contributed by atoms with Gasteiger partial charge in [0.25, 0.3) is 0 Å². The fraction of sp³-hybridized carbons (Fsp3) is 0.929. The first-order valence-corrected chi connectivity index (χ1v) is 8.12. The van der Waals surface area contributed by atoms with Crippen LogP contribution in [0.15, 0.2) is 0 Å². The van der Waals surface area contributed by atoms with Crippen molar-refractivity contribution in [3.63, 3.8) is 0 Å². The van der Waals surface area contributed by atoms with Crippen LogP contribution in [0.1, 0.15) is 46.0 Å². The van der Waals surface area contributed by atoms with E-state index in [0.29, 0.717) is 10.5 Å². The predicted molar refractivity (Wildman–Crippen MR) is 79.4 cm³/mol. The van der Waals surface area contributed by atoms with Crippen molar-refractivity contribution >= 4 is 17.7 Å². The molecule has 0 aliphatic heterocycles. The van der Waals surface area contributed by atoms with E-state index >= 15 is 0 Å². The molecule has 1 saturated carbocycles. The van der Waals surface area contributed by atoms with Crippen LogP contribution in [0.5, 0.6) is 0 Å². The van der Waals surface area contributed by atoms with Crippen molar-refractivity contribution in [2.24, 2.45) is 0 Å². The Kier molecular flexibility index (Phi) is 7.18. The second-order valence-corrected chi connectivity index (χ2v) is 7.07. The number of carbonyl (C=O) groups is 1. The van der Waals surface area contributed by atoms with E-state index in [1.54, 1.807) is 0 Å². The molecule has 0 amide bonds. The minimum atomic E-state index is -0.485. The van der Waals surface area contributed by atoms with Gasteiger partial charge < -0.3 is 15.2 Å². The van der Waals surface area contributed by atoms with E-state index in [1.165, 1.54) is 7.11 Å². The van der Waals surface area contributed by atoms with Crippen LogP contribution in [-0.2, 0) is 9.53 Å². The van der Waals surface area contributed by atoms with Gasteiger partial charge in [0.05, 0.1) is 7.11 Å². The van der Waals surface area contributed by atoms with Gasteiger partial charge in [0.15, 0.2) is 0 Å². The molecule has 0 aromatic carbocycles. The van der Waals surface area contributed by atoms with Crippen molar-refractivity contribution in [1.29, 1.82) is 0 Å². The number of esters is 1. The van der Waals surface area contributed by atoms with Crippen LogP contribution in [0.4, 0.5) is 0 Å². The minimum Gasteiger partial charge on any atom is -0.468 e. The SMILES string of the molecule is CCCNC1(C(=O)OC)CCC(SC(C)CCO)C1. The molecule has 1 fully saturated rings. The number of thioether (sulfide) groups is 1. The average Bonchev–Trinajstić information content (AvgIpc) is 2.80. The molecule has 4 nitrogen and oxygen atoms in total. The molecule has 2 N–H and O–H groups in total. The van der Waals surface area contributed by atoms with Crippen LogP contribution in [0, 0.1) is 0 Å². The van der Waals surface area contributed by atoms with Crippen molar-refractivity contribution < 1.29 is 14.6 Å². The summed E-state index contributed by atoms with van der Waals surface area (Å²) >= 11 is 1.89. The Morgan fingerprint density at radius 2 is 2.37 bits per heavy atom. The number of rotatable bonds is 8. The van der Waals surface area contributed by atoms with Crippen molar-refractivity contribution in [3.8, 4) is 0 Å². The lowest BCUT2D eigenvalue weighted by molar-refractivity contribution is -0.148. The summed E-state index contributed by atoms with van der Waals surface area (Å²) in [4.78, 5) is 12.1. The number of nitrogens with one attached hydrogen (secondary N) is 1. The highest BCUT2D eigenvalue weighted by atomic mass is 32.2. The Morgan fingerprint density at radius 1 is 1.63 bits per heavy atom. The summed E-state index contributed by atoms with van der Waals surface area (Å²) in [5, 5.41) is 13.3. The summed E-state index contributed by atoms with van der Waals surface area (Å²) in [5.74, 6) is -0.126. The zero-order valence-electron chi connectivity index (χ0n) is 12.3. The van der Waals surface area contributed by atoms with Gasteiger partial charge in [0.2, 0.25) is 0 Å². The van der Waals surface area contributed by atoms with Crippen molar-refractivity contribution in [2.45, 2.75) is 62.0 Å². The quantitative estimate of drug-likeness (QED) is 0.669. The second-order valence-electron chi connectivity index (χ2n) is 5.32. The summed E-state index contributed by atoms with van der Waals surface area (Å²) in [6.07, 6.45) is 4.54. The van der Waals surface area contributed by atoms with Crippen LogP contribution in [-0.4, -0.2) is 47.4 Å². The Morgan fingerprint density at radius 3 is 2.95 bits per heavy atom. The largest absolute Gasteiger partial charge is 0.468 e. The summed E-state index contributed by atoms with van der Waals surface area (Å²) in [6, 6.07) is 0. The molecule has 0 aromatic heterocycles. The molecule has 5 heteroatoms. The topological polar surface area (TPSA) is 58.6 Å². The third-order valence-electron chi connectivity index (χ3n) is 3.72. The lowest BCUT2D eigenvalue weighted by Gasteiger charge is -2.28. The number of ether oxygens (including phenoxy) is 1. The molecule has 0 heterocycles. The van der Waals surface area contributed by atoms with Gasteiger partial charge in [0.1, 0.15) is 5.54 Å². The molecule has 0 saturated heterocycles. The zero-order chi connectivity index (χ0) is 14.3. The minimum absolute atomic E-state index is 0.126. The zero-order valence-corrected chi connectivity index (χ0v) is 13.1. The van der Waals surface area contributed by atoms with Crippen molar-refractivity contribution in [2.75, 3.05) is 20.3 Å². The van der Waals surface area contributed by atoms with E-state index in [1.807, 2.05) is 11.8 Å². The highest BCUT2D eigenvalue weighted by Gasteiger charge is 2.46. The molecule has 3 atom stereocenters. The van der Waals surface area contributed by atoms with Gasteiger partial charge in [-0.15, -0.1) is 0 Å². The molecule has 0 aromatic rings. The van der Waals surface area contributed by atoms with Gasteiger partial charge in [-0.2, -0.15) is 11.8 Å². The molecule has 1 aliphatic carbocycles. The first-order chi connectivity index (χ1) is 9.07. The molecule has 19 heavy (non-hydrogen) atoms. The van der Waals surface area contributed by atoms with E-state index in [9.17, 15) is 4.79 Å². The molecule has 0 radical (unpaired) electrons. The van der Waals surface area contributed by atoms with Crippen molar-refractivity contribution in [3.05, 3.63) is 0 Å². The van der Waals surface area contributed by atoms with Crippen LogP contribution in [0.25, 0.3) is 0 Å². The Labute approximate surface area is 120 Å². The Balaban J connectivity index is 2.58. The summed E-state index contributed by atoms with van der Waals surface area (Å²) in [6.45, 7) is 5.32. The number of carbonyl (C=O) groups excluding carboxylic acids is 1. The average molecular weight is 289 g/mol. The maximum atomic E-state index is 12.1. The molecule has 3 unspecified atom stereocenters. The highest BCUT2D eigenvalue weighted by Crippen LogP contribution is 2.40. The molecular weight excluding hydrogens is 262 g/mol. The molecule has 1 rings (SSSR count). The van der Waals surface area contributed by atoms with Gasteiger partial charge in [-0.1, -0.05) is 13.8 Å². The van der Waals surface area contributed by atoms with E-state index in [2.05, 4.69) is 19.2 Å². The molecule has 0 spiro atoms. The monoisotopic (exact) mass is 289 g/mol. The number of hydrogen-bond donors (Lipinski definition) is 2. The van der Waals surface area contributed by atoms with Crippen LogP contribution >= 0.6 is 11.8 Å². The fourth-order valence-electron chi connectivity index (χ4n) is 2.67. The maximum absolute atomic E-state index is 12.1. The van der Waals surface area contributed by atoms with Crippen LogP contribution < -0.4 is 5.32 Å². The van der Waals surface area contributed by atoms with E-state index in [4.69, 9.17) is 9.84 Å². The van der Waals surface area contributed by atoms with E-state index in [-0.39, 0.29) is 12.6 Å². The fourth-order valence-corrected chi connectivity index (χ4v) is 4.21. The van der Waals surface area contributed by atoms with Gasteiger partial charge in [-0.25, -0.2) is 0 Å². The van der Waals surface area contributed by atoms with Crippen LogP contribution in [0.3, 0.4) is 0 Å². The molecular formula is C14H27NO3S. The van der Waals surface area contributed by atoms with E-state index < -0.39 is 5.54 Å². The van der Waals surface area contributed by atoms with Gasteiger partial charge in [-0.3, -0.25) is 4.79 Å². The summed E-state index contributed by atoms with van der Waals surface area (Å²) in [7, 11) is 1.46.